The molecule has 0 bridgehead atoms. The van der Waals surface area contributed by atoms with Crippen LogP contribution in [0.3, 0.4) is 0 Å². The number of benzene rings is 1. The summed E-state index contributed by atoms with van der Waals surface area (Å²) in [6.07, 6.45) is 0. The Morgan fingerprint density at radius 3 is 2.75 bits per heavy atom. The first-order chi connectivity index (χ1) is 9.58. The molecular formula is C15H14BrClN2S. The predicted octanol–water partition coefficient (Wildman–Crippen LogP) is 5.77. The highest BCUT2D eigenvalue weighted by molar-refractivity contribution is 9.10. The largest absolute Gasteiger partial charge is 0.319 e. The van der Waals surface area contributed by atoms with E-state index in [1.165, 1.54) is 5.56 Å². The summed E-state index contributed by atoms with van der Waals surface area (Å²) >= 11 is 11.6. The Morgan fingerprint density at radius 1 is 1.30 bits per heavy atom. The zero-order chi connectivity index (χ0) is 14.3. The Balaban J connectivity index is 2.25. The molecule has 0 aliphatic heterocycles. The molecular weight excluding hydrogens is 356 g/mol. The van der Waals surface area contributed by atoms with Crippen molar-refractivity contribution in [2.75, 3.05) is 0 Å². The number of fused-ring (bicyclic) bond motifs is 1. The average Bonchev–Trinajstić information content (AvgIpc) is 3.04. The topological polar surface area (TPSA) is 17.8 Å². The van der Waals surface area contributed by atoms with Gasteiger partial charge in [-0.15, -0.1) is 11.6 Å². The monoisotopic (exact) mass is 368 g/mol. The lowest BCUT2D eigenvalue weighted by Gasteiger charge is -2.18. The van der Waals surface area contributed by atoms with E-state index in [2.05, 4.69) is 50.3 Å². The summed E-state index contributed by atoms with van der Waals surface area (Å²) in [4.78, 5) is 4.70. The highest BCUT2D eigenvalue weighted by atomic mass is 79.9. The van der Waals surface area contributed by atoms with Gasteiger partial charge in [0.05, 0.1) is 22.5 Å². The van der Waals surface area contributed by atoms with Gasteiger partial charge in [0.2, 0.25) is 0 Å². The van der Waals surface area contributed by atoms with Gasteiger partial charge >= 0.3 is 0 Å². The standard InChI is InChI=1S/C15H14BrClN2S/c1-9(17)15-18-13-4-3-12(16)7-14(13)19(15)10(2)11-5-6-20-8-11/h3-10H,1-2H3. The van der Waals surface area contributed by atoms with E-state index >= 15 is 0 Å². The molecule has 2 atom stereocenters. The average molecular weight is 370 g/mol. The zero-order valence-corrected chi connectivity index (χ0v) is 14.3. The van der Waals surface area contributed by atoms with Crippen LogP contribution in [0.25, 0.3) is 11.0 Å². The van der Waals surface area contributed by atoms with Crippen LogP contribution in [0.5, 0.6) is 0 Å². The van der Waals surface area contributed by atoms with E-state index in [1.807, 2.05) is 19.1 Å². The van der Waals surface area contributed by atoms with Gasteiger partial charge in [-0.1, -0.05) is 15.9 Å². The molecule has 2 nitrogen and oxygen atoms in total. The molecule has 2 aromatic heterocycles. The summed E-state index contributed by atoms with van der Waals surface area (Å²) in [6, 6.07) is 8.52. The predicted molar refractivity (Wildman–Crippen MR) is 89.8 cm³/mol. The second kappa shape index (κ2) is 5.51. The fourth-order valence-electron chi connectivity index (χ4n) is 2.43. The Morgan fingerprint density at radius 2 is 2.10 bits per heavy atom. The molecule has 0 fully saturated rings. The summed E-state index contributed by atoms with van der Waals surface area (Å²) in [5.74, 6) is 0.915. The van der Waals surface area contributed by atoms with Gasteiger partial charge in [0.1, 0.15) is 5.82 Å². The molecule has 5 heteroatoms. The normalized spacial score (nSPS) is 14.6. The van der Waals surface area contributed by atoms with Crippen LogP contribution < -0.4 is 0 Å². The fourth-order valence-corrected chi connectivity index (χ4v) is 3.68. The molecule has 0 saturated heterocycles. The summed E-state index contributed by atoms with van der Waals surface area (Å²) in [6.45, 7) is 4.15. The number of hydrogen-bond donors (Lipinski definition) is 0. The van der Waals surface area contributed by atoms with Gasteiger partial charge in [0.15, 0.2) is 0 Å². The van der Waals surface area contributed by atoms with Gasteiger partial charge in [-0.05, 0) is 54.4 Å². The first-order valence-electron chi connectivity index (χ1n) is 6.41. The third-order valence-corrected chi connectivity index (χ3v) is 4.84. The minimum Gasteiger partial charge on any atom is -0.319 e. The number of aromatic nitrogens is 2. The fraction of sp³-hybridized carbons (Fsp3) is 0.267. The first-order valence-corrected chi connectivity index (χ1v) is 8.58. The lowest BCUT2D eigenvalue weighted by molar-refractivity contribution is 0.620. The van der Waals surface area contributed by atoms with Crippen molar-refractivity contribution in [1.82, 2.24) is 9.55 Å². The molecule has 2 heterocycles. The number of nitrogens with zero attached hydrogens (tertiary/aromatic N) is 2. The quantitative estimate of drug-likeness (QED) is 0.536. The van der Waals surface area contributed by atoms with Gasteiger partial charge in [-0.25, -0.2) is 4.98 Å². The van der Waals surface area contributed by atoms with Gasteiger partial charge in [0, 0.05) is 4.47 Å². The molecule has 0 saturated carbocycles. The van der Waals surface area contributed by atoms with E-state index in [9.17, 15) is 0 Å². The summed E-state index contributed by atoms with van der Waals surface area (Å²) in [5.41, 5.74) is 3.38. The molecule has 1 aromatic carbocycles. The number of rotatable bonds is 3. The van der Waals surface area contributed by atoms with Gasteiger partial charge in [-0.3, -0.25) is 0 Å². The van der Waals surface area contributed by atoms with Gasteiger partial charge in [-0.2, -0.15) is 11.3 Å². The third-order valence-electron chi connectivity index (χ3n) is 3.45. The van der Waals surface area contributed by atoms with Gasteiger partial charge in [0.25, 0.3) is 0 Å². The maximum absolute atomic E-state index is 6.33. The molecule has 0 radical (unpaired) electrons. The van der Waals surface area contributed by atoms with Crippen molar-refractivity contribution in [3.05, 3.63) is 50.9 Å². The summed E-state index contributed by atoms with van der Waals surface area (Å²) in [7, 11) is 0. The summed E-state index contributed by atoms with van der Waals surface area (Å²) in [5, 5.41) is 4.16. The maximum Gasteiger partial charge on any atom is 0.128 e. The molecule has 0 amide bonds. The highest BCUT2D eigenvalue weighted by Crippen LogP contribution is 2.32. The third kappa shape index (κ3) is 2.41. The van der Waals surface area contributed by atoms with Gasteiger partial charge < -0.3 is 4.57 Å². The van der Waals surface area contributed by atoms with E-state index in [0.717, 1.165) is 21.3 Å². The van der Waals surface area contributed by atoms with Crippen molar-refractivity contribution in [3.63, 3.8) is 0 Å². The van der Waals surface area contributed by atoms with Crippen LogP contribution in [0.2, 0.25) is 0 Å². The second-order valence-electron chi connectivity index (χ2n) is 4.82. The highest BCUT2D eigenvalue weighted by Gasteiger charge is 2.20. The van der Waals surface area contributed by atoms with E-state index in [0.29, 0.717) is 0 Å². The van der Waals surface area contributed by atoms with Crippen molar-refractivity contribution < 1.29 is 0 Å². The van der Waals surface area contributed by atoms with Crippen LogP contribution in [0.15, 0.2) is 39.5 Å². The van der Waals surface area contributed by atoms with Crippen molar-refractivity contribution in [1.29, 1.82) is 0 Å². The number of halogens is 2. The zero-order valence-electron chi connectivity index (χ0n) is 11.2. The van der Waals surface area contributed by atoms with Crippen LogP contribution in [0.1, 0.15) is 36.7 Å². The van der Waals surface area contributed by atoms with Crippen molar-refractivity contribution in [2.24, 2.45) is 0 Å². The van der Waals surface area contributed by atoms with E-state index in [-0.39, 0.29) is 11.4 Å². The molecule has 3 rings (SSSR count). The van der Waals surface area contributed by atoms with E-state index < -0.39 is 0 Å². The number of imidazole rings is 1. The maximum atomic E-state index is 6.33. The number of thiophene rings is 1. The Labute approximate surface area is 135 Å². The number of alkyl halides is 1. The first kappa shape index (κ1) is 14.1. The Bertz CT molecular complexity index is 734. The molecule has 3 aromatic rings. The summed E-state index contributed by atoms with van der Waals surface area (Å²) < 4.78 is 3.29. The van der Waals surface area contributed by atoms with Crippen molar-refractivity contribution >= 4 is 49.9 Å². The van der Waals surface area contributed by atoms with Crippen LogP contribution >= 0.6 is 38.9 Å². The lowest BCUT2D eigenvalue weighted by Crippen LogP contribution is -2.10. The molecule has 0 spiro atoms. The minimum absolute atomic E-state index is 0.123. The van der Waals surface area contributed by atoms with Crippen molar-refractivity contribution in [3.8, 4) is 0 Å². The van der Waals surface area contributed by atoms with Crippen LogP contribution in [-0.2, 0) is 0 Å². The van der Waals surface area contributed by atoms with E-state index in [4.69, 9.17) is 16.6 Å². The molecule has 0 aliphatic carbocycles. The SMILES string of the molecule is CC(Cl)c1nc2ccc(Br)cc2n1C(C)c1ccsc1. The molecule has 2 unspecified atom stereocenters. The van der Waals surface area contributed by atoms with Crippen molar-refractivity contribution in [2.45, 2.75) is 25.3 Å². The smallest absolute Gasteiger partial charge is 0.128 e. The Kier molecular flexibility index (Phi) is 3.89. The number of hydrogen-bond acceptors (Lipinski definition) is 2. The van der Waals surface area contributed by atoms with Crippen LogP contribution in [0.4, 0.5) is 0 Å². The van der Waals surface area contributed by atoms with Crippen LogP contribution in [0, 0.1) is 0 Å². The molecule has 20 heavy (non-hydrogen) atoms. The minimum atomic E-state index is -0.123. The van der Waals surface area contributed by atoms with Crippen LogP contribution in [-0.4, -0.2) is 9.55 Å². The molecule has 104 valence electrons. The van der Waals surface area contributed by atoms with E-state index in [1.54, 1.807) is 11.3 Å². The Hall–Kier alpha value is -0.840. The molecule has 0 aliphatic rings. The second-order valence-corrected chi connectivity index (χ2v) is 7.17. The lowest BCUT2D eigenvalue weighted by atomic mass is 10.1. The molecule has 0 N–H and O–H groups in total.